The van der Waals surface area contributed by atoms with Crippen LogP contribution in [-0.2, 0) is 6.42 Å². The molecule has 27 heavy (non-hydrogen) atoms. The van der Waals surface area contributed by atoms with Crippen molar-refractivity contribution in [3.05, 3.63) is 39.7 Å². The summed E-state index contributed by atoms with van der Waals surface area (Å²) in [6.45, 7) is 0.651. The van der Waals surface area contributed by atoms with E-state index in [0.717, 1.165) is 23.8 Å². The molecule has 1 aliphatic carbocycles. The van der Waals surface area contributed by atoms with Crippen molar-refractivity contribution < 1.29 is 4.92 Å². The van der Waals surface area contributed by atoms with E-state index in [2.05, 4.69) is 20.1 Å². The first-order chi connectivity index (χ1) is 13.1. The molecule has 0 radical (unpaired) electrons. The number of thioether (sulfide) groups is 1. The SMILES string of the molecule is CSc1nnc(CCCNc2ccc([N+](=O)[O-])cc2C#N)n1C1CCCC1. The highest BCUT2D eigenvalue weighted by atomic mass is 32.2. The van der Waals surface area contributed by atoms with E-state index < -0.39 is 4.92 Å². The van der Waals surface area contributed by atoms with E-state index in [1.807, 2.05) is 12.3 Å². The summed E-state index contributed by atoms with van der Waals surface area (Å²) >= 11 is 1.63. The van der Waals surface area contributed by atoms with Crippen LogP contribution in [0.25, 0.3) is 0 Å². The average molecular weight is 386 g/mol. The highest BCUT2D eigenvalue weighted by Crippen LogP contribution is 2.33. The quantitative estimate of drug-likeness (QED) is 0.317. The number of rotatable bonds is 8. The number of non-ortho nitro benzene ring substituents is 1. The van der Waals surface area contributed by atoms with Crippen molar-refractivity contribution in [2.45, 2.75) is 49.7 Å². The van der Waals surface area contributed by atoms with Crippen LogP contribution in [0, 0.1) is 21.4 Å². The smallest absolute Gasteiger partial charge is 0.270 e. The molecule has 2 aromatic rings. The summed E-state index contributed by atoms with van der Waals surface area (Å²) in [5.74, 6) is 1.01. The molecule has 1 aromatic heterocycles. The third-order valence-electron chi connectivity index (χ3n) is 4.83. The van der Waals surface area contributed by atoms with Crippen molar-refractivity contribution in [3.63, 3.8) is 0 Å². The lowest BCUT2D eigenvalue weighted by atomic mass is 10.1. The maximum atomic E-state index is 10.8. The molecule has 1 fully saturated rings. The van der Waals surface area contributed by atoms with Gasteiger partial charge in [-0.3, -0.25) is 10.1 Å². The minimum absolute atomic E-state index is 0.0774. The summed E-state index contributed by atoms with van der Waals surface area (Å²) in [4.78, 5) is 10.3. The highest BCUT2D eigenvalue weighted by molar-refractivity contribution is 7.98. The number of nitro benzene ring substituents is 1. The Balaban J connectivity index is 1.60. The number of anilines is 1. The van der Waals surface area contributed by atoms with Gasteiger partial charge in [-0.15, -0.1) is 10.2 Å². The monoisotopic (exact) mass is 386 g/mol. The van der Waals surface area contributed by atoms with Gasteiger partial charge in [-0.05, 0) is 31.6 Å². The second kappa shape index (κ2) is 8.86. The van der Waals surface area contributed by atoms with E-state index in [9.17, 15) is 15.4 Å². The number of nitrogens with one attached hydrogen (secondary N) is 1. The maximum Gasteiger partial charge on any atom is 0.270 e. The number of nitriles is 1. The number of aromatic nitrogens is 3. The van der Waals surface area contributed by atoms with E-state index in [-0.39, 0.29) is 11.3 Å². The fourth-order valence-electron chi connectivity index (χ4n) is 3.51. The minimum Gasteiger partial charge on any atom is -0.384 e. The fourth-order valence-corrected chi connectivity index (χ4v) is 4.08. The Hall–Kier alpha value is -2.60. The van der Waals surface area contributed by atoms with Crippen molar-refractivity contribution in [3.8, 4) is 6.07 Å². The first-order valence-electron chi connectivity index (χ1n) is 9.04. The predicted molar refractivity (Wildman–Crippen MR) is 104 cm³/mol. The number of hydrogen-bond donors (Lipinski definition) is 1. The highest BCUT2D eigenvalue weighted by Gasteiger charge is 2.23. The topological polar surface area (TPSA) is 110 Å². The first kappa shape index (κ1) is 19.2. The zero-order valence-corrected chi connectivity index (χ0v) is 16.0. The average Bonchev–Trinajstić information content (AvgIpc) is 3.34. The van der Waals surface area contributed by atoms with Crippen LogP contribution >= 0.6 is 11.8 Å². The van der Waals surface area contributed by atoms with Crippen molar-refractivity contribution in [2.24, 2.45) is 0 Å². The summed E-state index contributed by atoms with van der Waals surface area (Å²) < 4.78 is 2.30. The van der Waals surface area contributed by atoms with Crippen LogP contribution in [0.5, 0.6) is 0 Å². The standard InChI is InChI=1S/C18H22N6O2S/c1-27-18-22-21-17(23(18)14-5-2-3-6-14)7-4-10-20-16-9-8-15(24(25)26)11-13(16)12-19/h8-9,11,14,20H,2-7,10H2,1H3. The van der Waals surface area contributed by atoms with Gasteiger partial charge in [-0.25, -0.2) is 0 Å². The van der Waals surface area contributed by atoms with Gasteiger partial charge in [0, 0.05) is 31.1 Å². The maximum absolute atomic E-state index is 10.8. The number of nitrogens with zero attached hydrogens (tertiary/aromatic N) is 5. The Morgan fingerprint density at radius 3 is 2.85 bits per heavy atom. The second-order valence-corrected chi connectivity index (χ2v) is 7.31. The Kier molecular flexibility index (Phi) is 6.29. The Labute approximate surface area is 162 Å². The summed E-state index contributed by atoms with van der Waals surface area (Å²) in [5.41, 5.74) is 0.819. The zero-order chi connectivity index (χ0) is 19.2. The molecule has 3 rings (SSSR count). The van der Waals surface area contributed by atoms with Crippen LogP contribution in [0.2, 0.25) is 0 Å². The van der Waals surface area contributed by atoms with Crippen LogP contribution in [0.3, 0.4) is 0 Å². The summed E-state index contributed by atoms with van der Waals surface area (Å²) in [5, 5.41) is 32.9. The molecule has 8 nitrogen and oxygen atoms in total. The molecule has 1 aliphatic rings. The number of hydrogen-bond acceptors (Lipinski definition) is 7. The number of benzene rings is 1. The third kappa shape index (κ3) is 4.39. The van der Waals surface area contributed by atoms with Gasteiger partial charge in [0.15, 0.2) is 5.16 Å². The van der Waals surface area contributed by atoms with E-state index in [0.29, 0.717) is 18.3 Å². The van der Waals surface area contributed by atoms with E-state index in [1.165, 1.54) is 37.8 Å². The molecule has 0 atom stereocenters. The van der Waals surface area contributed by atoms with E-state index >= 15 is 0 Å². The van der Waals surface area contributed by atoms with Crippen LogP contribution in [0.15, 0.2) is 23.4 Å². The Bertz CT molecular complexity index is 854. The van der Waals surface area contributed by atoms with E-state index in [4.69, 9.17) is 0 Å². The third-order valence-corrected chi connectivity index (χ3v) is 5.48. The molecule has 1 N–H and O–H groups in total. The molecule has 0 bridgehead atoms. The minimum atomic E-state index is -0.496. The van der Waals surface area contributed by atoms with Gasteiger partial charge in [0.2, 0.25) is 0 Å². The van der Waals surface area contributed by atoms with Crippen LogP contribution in [0.4, 0.5) is 11.4 Å². The summed E-state index contributed by atoms with van der Waals surface area (Å²) in [7, 11) is 0. The predicted octanol–water partition coefficient (Wildman–Crippen LogP) is 3.94. The number of aryl methyl sites for hydroxylation is 1. The lowest BCUT2D eigenvalue weighted by molar-refractivity contribution is -0.384. The molecular weight excluding hydrogens is 364 g/mol. The lowest BCUT2D eigenvalue weighted by Crippen LogP contribution is -2.12. The molecular formula is C18H22N6O2S. The molecule has 0 amide bonds. The van der Waals surface area contributed by atoms with Crippen molar-refractivity contribution in [2.75, 3.05) is 18.1 Å². The molecule has 142 valence electrons. The van der Waals surface area contributed by atoms with Crippen LogP contribution in [0.1, 0.15) is 49.5 Å². The summed E-state index contributed by atoms with van der Waals surface area (Å²) in [6.07, 6.45) is 8.55. The van der Waals surface area contributed by atoms with Crippen molar-refractivity contribution in [1.82, 2.24) is 14.8 Å². The Morgan fingerprint density at radius 2 is 2.19 bits per heavy atom. The van der Waals surface area contributed by atoms with Gasteiger partial charge in [0.25, 0.3) is 5.69 Å². The van der Waals surface area contributed by atoms with Gasteiger partial charge >= 0.3 is 0 Å². The van der Waals surface area contributed by atoms with Crippen molar-refractivity contribution >= 4 is 23.1 Å². The fraction of sp³-hybridized carbons (Fsp3) is 0.500. The normalized spacial score (nSPS) is 14.2. The van der Waals surface area contributed by atoms with Crippen molar-refractivity contribution in [1.29, 1.82) is 5.26 Å². The first-order valence-corrected chi connectivity index (χ1v) is 10.3. The molecule has 1 heterocycles. The van der Waals surface area contributed by atoms with Gasteiger partial charge in [0.1, 0.15) is 11.9 Å². The van der Waals surface area contributed by atoms with Gasteiger partial charge in [0.05, 0.1) is 16.2 Å². The largest absolute Gasteiger partial charge is 0.384 e. The molecule has 0 saturated heterocycles. The molecule has 0 aliphatic heterocycles. The van der Waals surface area contributed by atoms with Gasteiger partial charge in [-0.2, -0.15) is 5.26 Å². The van der Waals surface area contributed by atoms with Gasteiger partial charge in [-0.1, -0.05) is 24.6 Å². The zero-order valence-electron chi connectivity index (χ0n) is 15.2. The molecule has 1 aromatic carbocycles. The molecule has 1 saturated carbocycles. The van der Waals surface area contributed by atoms with Crippen LogP contribution in [-0.4, -0.2) is 32.5 Å². The summed E-state index contributed by atoms with van der Waals surface area (Å²) in [6, 6.07) is 6.80. The lowest BCUT2D eigenvalue weighted by Gasteiger charge is -2.16. The van der Waals surface area contributed by atoms with E-state index in [1.54, 1.807) is 17.8 Å². The number of nitro groups is 1. The van der Waals surface area contributed by atoms with Gasteiger partial charge < -0.3 is 9.88 Å². The Morgan fingerprint density at radius 1 is 1.41 bits per heavy atom. The second-order valence-electron chi connectivity index (χ2n) is 6.54. The molecule has 9 heteroatoms. The van der Waals surface area contributed by atoms with Crippen LogP contribution < -0.4 is 5.32 Å². The molecule has 0 spiro atoms. The molecule has 0 unspecified atom stereocenters.